The Bertz CT molecular complexity index is 365. The third-order valence-corrected chi connectivity index (χ3v) is 2.65. The lowest BCUT2D eigenvalue weighted by atomic mass is 10.00. The van der Waals surface area contributed by atoms with Crippen molar-refractivity contribution in [2.45, 2.75) is 12.5 Å². The predicted molar refractivity (Wildman–Crippen MR) is 56.9 cm³/mol. The summed E-state index contributed by atoms with van der Waals surface area (Å²) in [6.07, 6.45) is -0.0213. The van der Waals surface area contributed by atoms with Crippen LogP contribution in [0.4, 0.5) is 4.79 Å². The van der Waals surface area contributed by atoms with Gasteiger partial charge in [0, 0.05) is 6.54 Å². The summed E-state index contributed by atoms with van der Waals surface area (Å²) in [5.74, 6) is 0. The Labute approximate surface area is 88.3 Å². The molecule has 4 nitrogen and oxygen atoms in total. The van der Waals surface area contributed by atoms with E-state index in [1.54, 1.807) is 0 Å². The van der Waals surface area contributed by atoms with Gasteiger partial charge in [-0.15, -0.1) is 0 Å². The van der Waals surface area contributed by atoms with E-state index in [1.807, 2.05) is 18.2 Å². The van der Waals surface area contributed by atoms with Gasteiger partial charge < -0.3 is 15.7 Å². The maximum atomic E-state index is 10.7. The third kappa shape index (κ3) is 2.27. The Balaban J connectivity index is 2.28. The van der Waals surface area contributed by atoms with Crippen molar-refractivity contribution in [1.82, 2.24) is 10.6 Å². The number of amides is 1. The first kappa shape index (κ1) is 9.98. The molecule has 1 atom stereocenters. The van der Waals surface area contributed by atoms with E-state index in [4.69, 9.17) is 5.11 Å². The minimum Gasteiger partial charge on any atom is -0.465 e. The smallest absolute Gasteiger partial charge is 0.405 e. The highest BCUT2D eigenvalue weighted by Crippen LogP contribution is 2.20. The molecule has 1 heterocycles. The average Bonchev–Trinajstić information content (AvgIpc) is 2.41. The van der Waals surface area contributed by atoms with Gasteiger partial charge in [-0.3, -0.25) is 0 Å². The molecule has 3 N–H and O–H groups in total. The van der Waals surface area contributed by atoms with Crippen LogP contribution in [0.5, 0.6) is 0 Å². The van der Waals surface area contributed by atoms with Crippen LogP contribution in [0.1, 0.15) is 17.2 Å². The van der Waals surface area contributed by atoms with E-state index in [2.05, 4.69) is 16.7 Å². The molecule has 1 amide bonds. The van der Waals surface area contributed by atoms with Gasteiger partial charge in [-0.1, -0.05) is 24.3 Å². The molecule has 15 heavy (non-hydrogen) atoms. The van der Waals surface area contributed by atoms with Gasteiger partial charge >= 0.3 is 6.09 Å². The quantitative estimate of drug-likeness (QED) is 0.645. The minimum absolute atomic E-state index is 0.138. The largest absolute Gasteiger partial charge is 0.465 e. The zero-order chi connectivity index (χ0) is 10.7. The van der Waals surface area contributed by atoms with Gasteiger partial charge in [-0.2, -0.15) is 0 Å². The van der Waals surface area contributed by atoms with Crippen LogP contribution >= 0.6 is 0 Å². The molecule has 2 rings (SSSR count). The van der Waals surface area contributed by atoms with E-state index in [-0.39, 0.29) is 6.04 Å². The lowest BCUT2D eigenvalue weighted by Gasteiger charge is -2.17. The second-order valence-electron chi connectivity index (χ2n) is 3.66. The van der Waals surface area contributed by atoms with Gasteiger partial charge in [0.05, 0.1) is 6.04 Å². The van der Waals surface area contributed by atoms with Gasteiger partial charge in [0.1, 0.15) is 0 Å². The molecule has 1 aliphatic rings. The molecule has 0 saturated heterocycles. The van der Waals surface area contributed by atoms with Crippen LogP contribution in [-0.2, 0) is 6.42 Å². The van der Waals surface area contributed by atoms with Crippen molar-refractivity contribution in [1.29, 1.82) is 0 Å². The molecule has 0 saturated carbocycles. The van der Waals surface area contributed by atoms with Gasteiger partial charge in [-0.05, 0) is 24.1 Å². The summed E-state index contributed by atoms with van der Waals surface area (Å²) in [4.78, 5) is 10.7. The fourth-order valence-corrected chi connectivity index (χ4v) is 1.96. The van der Waals surface area contributed by atoms with E-state index >= 15 is 0 Å². The Morgan fingerprint density at radius 2 is 2.27 bits per heavy atom. The van der Waals surface area contributed by atoms with Crippen molar-refractivity contribution in [2.75, 3.05) is 13.1 Å². The molecule has 80 valence electrons. The maximum absolute atomic E-state index is 10.7. The Morgan fingerprint density at radius 1 is 1.47 bits per heavy atom. The molecule has 0 spiro atoms. The van der Waals surface area contributed by atoms with Gasteiger partial charge in [0.25, 0.3) is 0 Å². The van der Waals surface area contributed by atoms with Crippen molar-refractivity contribution in [2.24, 2.45) is 0 Å². The van der Waals surface area contributed by atoms with Gasteiger partial charge in [-0.25, -0.2) is 4.79 Å². The normalized spacial score (nSPS) is 20.1. The molecule has 0 fully saturated rings. The number of carboxylic acid groups (broad SMARTS) is 1. The fourth-order valence-electron chi connectivity index (χ4n) is 1.96. The highest BCUT2D eigenvalue weighted by Gasteiger charge is 2.18. The summed E-state index contributed by atoms with van der Waals surface area (Å²) in [6, 6.07) is 7.84. The highest BCUT2D eigenvalue weighted by molar-refractivity contribution is 5.65. The van der Waals surface area contributed by atoms with Crippen molar-refractivity contribution in [3.05, 3.63) is 35.4 Å². The second-order valence-corrected chi connectivity index (χ2v) is 3.66. The topological polar surface area (TPSA) is 61.4 Å². The van der Waals surface area contributed by atoms with Crippen molar-refractivity contribution < 1.29 is 9.90 Å². The number of hydrogen-bond acceptors (Lipinski definition) is 2. The maximum Gasteiger partial charge on any atom is 0.405 e. The molecular formula is C11H14N2O2. The summed E-state index contributed by atoms with van der Waals surface area (Å²) in [7, 11) is 0. The first-order chi connectivity index (χ1) is 7.27. The Kier molecular flexibility index (Phi) is 2.87. The first-order valence-electron chi connectivity index (χ1n) is 5.05. The summed E-state index contributed by atoms with van der Waals surface area (Å²) in [6.45, 7) is 1.55. The molecule has 0 radical (unpaired) electrons. The Morgan fingerprint density at radius 3 is 3.07 bits per heavy atom. The first-order valence-corrected chi connectivity index (χ1v) is 5.05. The van der Waals surface area contributed by atoms with Crippen LogP contribution in [0.15, 0.2) is 24.3 Å². The van der Waals surface area contributed by atoms with E-state index in [9.17, 15) is 4.79 Å². The standard InChI is InChI=1S/C11H14N2O2/c14-11(15)13-10-7-12-6-5-8-3-1-2-4-9(8)10/h1-4,10,12-13H,5-7H2,(H,14,15). The summed E-state index contributed by atoms with van der Waals surface area (Å²) >= 11 is 0. The molecule has 1 aromatic carbocycles. The monoisotopic (exact) mass is 206 g/mol. The average molecular weight is 206 g/mol. The van der Waals surface area contributed by atoms with E-state index in [0.717, 1.165) is 18.5 Å². The van der Waals surface area contributed by atoms with Crippen molar-refractivity contribution in [3.63, 3.8) is 0 Å². The van der Waals surface area contributed by atoms with Crippen molar-refractivity contribution in [3.8, 4) is 0 Å². The lowest BCUT2D eigenvalue weighted by Crippen LogP contribution is -2.33. The number of carbonyl (C=O) groups is 1. The predicted octanol–water partition coefficient (Wildman–Crippen LogP) is 1.14. The third-order valence-electron chi connectivity index (χ3n) is 2.65. The SMILES string of the molecule is O=C(O)NC1CNCCc2ccccc21. The summed E-state index contributed by atoms with van der Waals surface area (Å²) in [5, 5.41) is 14.5. The van der Waals surface area contributed by atoms with E-state index < -0.39 is 6.09 Å². The van der Waals surface area contributed by atoms with E-state index in [1.165, 1.54) is 5.56 Å². The minimum atomic E-state index is -0.974. The number of fused-ring (bicyclic) bond motifs is 1. The fraction of sp³-hybridized carbons (Fsp3) is 0.364. The zero-order valence-corrected chi connectivity index (χ0v) is 8.36. The van der Waals surface area contributed by atoms with Gasteiger partial charge in [0.2, 0.25) is 0 Å². The number of hydrogen-bond donors (Lipinski definition) is 3. The van der Waals surface area contributed by atoms with Gasteiger partial charge in [0.15, 0.2) is 0 Å². The highest BCUT2D eigenvalue weighted by atomic mass is 16.4. The van der Waals surface area contributed by atoms with Crippen molar-refractivity contribution >= 4 is 6.09 Å². The molecule has 4 heteroatoms. The molecule has 0 bridgehead atoms. The molecular weight excluding hydrogens is 192 g/mol. The van der Waals surface area contributed by atoms with Crippen LogP contribution in [0.3, 0.4) is 0 Å². The number of benzene rings is 1. The number of nitrogens with one attached hydrogen (secondary N) is 2. The van der Waals surface area contributed by atoms with Crippen LogP contribution in [-0.4, -0.2) is 24.3 Å². The zero-order valence-electron chi connectivity index (χ0n) is 8.36. The molecule has 1 aliphatic heterocycles. The summed E-state index contributed by atoms with van der Waals surface area (Å²) in [5.41, 5.74) is 2.31. The van der Waals surface area contributed by atoms with E-state index in [0.29, 0.717) is 6.54 Å². The number of rotatable bonds is 1. The molecule has 1 aromatic rings. The second kappa shape index (κ2) is 4.31. The molecule has 0 aliphatic carbocycles. The van der Waals surface area contributed by atoms with Crippen LogP contribution in [0.25, 0.3) is 0 Å². The molecule has 0 aromatic heterocycles. The van der Waals surface area contributed by atoms with Crippen LogP contribution in [0, 0.1) is 0 Å². The molecule has 1 unspecified atom stereocenters. The van der Waals surface area contributed by atoms with Crippen LogP contribution < -0.4 is 10.6 Å². The summed E-state index contributed by atoms with van der Waals surface area (Å²) < 4.78 is 0. The lowest BCUT2D eigenvalue weighted by molar-refractivity contribution is 0.189. The Hall–Kier alpha value is -1.55. The van der Waals surface area contributed by atoms with Crippen LogP contribution in [0.2, 0.25) is 0 Å².